The van der Waals surface area contributed by atoms with Crippen LogP contribution in [0.1, 0.15) is 22.3 Å². The summed E-state index contributed by atoms with van der Waals surface area (Å²) in [6.45, 7) is 1.38. The third kappa shape index (κ3) is 4.88. The molecule has 0 radical (unpaired) electrons. The normalized spacial score (nSPS) is 15.9. The molecule has 2 aromatic rings. The van der Waals surface area contributed by atoms with Crippen molar-refractivity contribution in [3.63, 3.8) is 0 Å². The third-order valence-corrected chi connectivity index (χ3v) is 4.75. The van der Waals surface area contributed by atoms with Crippen LogP contribution in [0.25, 0.3) is 0 Å². The number of nitro benzene ring substituents is 1. The molecule has 1 aliphatic heterocycles. The summed E-state index contributed by atoms with van der Waals surface area (Å²) in [7, 11) is 0. The van der Waals surface area contributed by atoms with Crippen LogP contribution in [-0.4, -0.2) is 34.9 Å². The maximum Gasteiger partial charge on any atom is 0.293 e. The number of nitro groups is 1. The first kappa shape index (κ1) is 21.0. The van der Waals surface area contributed by atoms with Crippen molar-refractivity contribution in [2.24, 2.45) is 5.73 Å². The highest BCUT2D eigenvalue weighted by Crippen LogP contribution is 2.28. The molecule has 1 aliphatic rings. The number of hydrogen-bond acceptors (Lipinski definition) is 5. The molecule has 1 atom stereocenters. The van der Waals surface area contributed by atoms with Crippen molar-refractivity contribution in [3.05, 3.63) is 68.7 Å². The van der Waals surface area contributed by atoms with Gasteiger partial charge in [0.05, 0.1) is 4.92 Å². The van der Waals surface area contributed by atoms with E-state index in [0.717, 1.165) is 12.0 Å². The fourth-order valence-corrected chi connectivity index (χ4v) is 3.15. The predicted molar refractivity (Wildman–Crippen MR) is 108 cm³/mol. The first-order valence-corrected chi connectivity index (χ1v) is 8.64. The SMILES string of the molecule is Cl.N[C@@H]1CCN(C(=O)c2ccc(NCc3ccccc3Cl)c([N+](=O)[O-])c2)C1. The molecule has 1 saturated heterocycles. The van der Waals surface area contributed by atoms with Crippen LogP contribution >= 0.6 is 24.0 Å². The van der Waals surface area contributed by atoms with Gasteiger partial charge in [0.15, 0.2) is 0 Å². The Hall–Kier alpha value is -2.35. The molecule has 0 aliphatic carbocycles. The number of nitrogens with one attached hydrogen (secondary N) is 1. The van der Waals surface area contributed by atoms with Crippen LogP contribution in [0.4, 0.5) is 11.4 Å². The number of benzene rings is 2. The van der Waals surface area contributed by atoms with Gasteiger partial charge in [0.1, 0.15) is 5.69 Å². The monoisotopic (exact) mass is 410 g/mol. The minimum atomic E-state index is -0.499. The van der Waals surface area contributed by atoms with E-state index in [-0.39, 0.29) is 35.6 Å². The summed E-state index contributed by atoms with van der Waals surface area (Å²) in [4.78, 5) is 25.1. The molecule has 0 spiro atoms. The first-order valence-electron chi connectivity index (χ1n) is 8.26. The highest BCUT2D eigenvalue weighted by molar-refractivity contribution is 6.31. The standard InChI is InChI=1S/C18H19ClN4O3.ClH/c19-15-4-2-1-3-13(15)10-21-16-6-5-12(9-17(16)23(25)26)18(24)22-8-7-14(20)11-22;/h1-6,9,14,21H,7-8,10-11,20H2;1H/t14-;/m1./s1. The first-order chi connectivity index (χ1) is 12.5. The maximum absolute atomic E-state index is 12.5. The van der Waals surface area contributed by atoms with E-state index in [1.54, 1.807) is 23.1 Å². The van der Waals surface area contributed by atoms with Gasteiger partial charge in [0.25, 0.3) is 11.6 Å². The Morgan fingerprint density at radius 1 is 1.33 bits per heavy atom. The second kappa shape index (κ2) is 9.03. The molecule has 0 unspecified atom stereocenters. The number of carbonyl (C=O) groups excluding carboxylic acids is 1. The van der Waals surface area contributed by atoms with Crippen LogP contribution in [0, 0.1) is 10.1 Å². The minimum Gasteiger partial charge on any atom is -0.375 e. The highest BCUT2D eigenvalue weighted by Gasteiger charge is 2.26. The Labute approximate surface area is 168 Å². The number of halogens is 2. The van der Waals surface area contributed by atoms with Gasteiger partial charge in [0.2, 0.25) is 0 Å². The molecule has 2 aromatic carbocycles. The van der Waals surface area contributed by atoms with Gasteiger partial charge in [-0.25, -0.2) is 0 Å². The number of nitrogens with two attached hydrogens (primary N) is 1. The van der Waals surface area contributed by atoms with E-state index in [2.05, 4.69) is 5.32 Å². The quantitative estimate of drug-likeness (QED) is 0.580. The molecule has 0 bridgehead atoms. The Balaban J connectivity index is 0.00000261. The van der Waals surface area contributed by atoms with E-state index >= 15 is 0 Å². The second-order valence-electron chi connectivity index (χ2n) is 6.23. The number of rotatable bonds is 5. The van der Waals surface area contributed by atoms with Crippen LogP contribution in [0.15, 0.2) is 42.5 Å². The number of carbonyl (C=O) groups is 1. The number of hydrogen-bond donors (Lipinski definition) is 2. The highest BCUT2D eigenvalue weighted by atomic mass is 35.5. The van der Waals surface area contributed by atoms with E-state index in [9.17, 15) is 14.9 Å². The van der Waals surface area contributed by atoms with Crippen molar-refractivity contribution in [2.75, 3.05) is 18.4 Å². The summed E-state index contributed by atoms with van der Waals surface area (Å²) in [5, 5.41) is 15.0. The van der Waals surface area contributed by atoms with Crippen LogP contribution in [-0.2, 0) is 6.54 Å². The number of nitrogens with zero attached hydrogens (tertiary/aromatic N) is 2. The fourth-order valence-electron chi connectivity index (χ4n) is 2.95. The lowest BCUT2D eigenvalue weighted by Gasteiger charge is -2.16. The topological polar surface area (TPSA) is 102 Å². The average Bonchev–Trinajstić information content (AvgIpc) is 3.06. The average molecular weight is 411 g/mol. The Kier molecular flexibility index (Phi) is 7.01. The summed E-state index contributed by atoms with van der Waals surface area (Å²) in [6.07, 6.45) is 0.741. The van der Waals surface area contributed by atoms with Gasteiger partial charge in [-0.15, -0.1) is 12.4 Å². The Bertz CT molecular complexity index is 847. The molecule has 27 heavy (non-hydrogen) atoms. The lowest BCUT2D eigenvalue weighted by atomic mass is 10.1. The lowest BCUT2D eigenvalue weighted by Crippen LogP contribution is -2.31. The molecule has 1 heterocycles. The van der Waals surface area contributed by atoms with E-state index in [1.807, 2.05) is 18.2 Å². The summed E-state index contributed by atoms with van der Waals surface area (Å²) in [5.41, 5.74) is 7.13. The van der Waals surface area contributed by atoms with Gasteiger partial charge >= 0.3 is 0 Å². The molecule has 1 fully saturated rings. The van der Waals surface area contributed by atoms with Crippen LogP contribution in [0.3, 0.4) is 0 Å². The molecule has 7 nitrogen and oxygen atoms in total. The number of likely N-dealkylation sites (tertiary alicyclic amines) is 1. The summed E-state index contributed by atoms with van der Waals surface area (Å²) >= 11 is 6.11. The molecule has 0 aromatic heterocycles. The predicted octanol–water partition coefficient (Wildman–Crippen LogP) is 3.46. The van der Waals surface area contributed by atoms with Crippen molar-refractivity contribution in [3.8, 4) is 0 Å². The van der Waals surface area contributed by atoms with Gasteiger partial charge in [0, 0.05) is 42.3 Å². The lowest BCUT2D eigenvalue weighted by molar-refractivity contribution is -0.384. The molecular weight excluding hydrogens is 391 g/mol. The molecular formula is C18H20Cl2N4O3. The summed E-state index contributed by atoms with van der Waals surface area (Å²) < 4.78 is 0. The van der Waals surface area contributed by atoms with Crippen molar-refractivity contribution in [2.45, 2.75) is 19.0 Å². The van der Waals surface area contributed by atoms with Crippen molar-refractivity contribution in [1.82, 2.24) is 4.90 Å². The van der Waals surface area contributed by atoms with E-state index in [1.165, 1.54) is 6.07 Å². The summed E-state index contributed by atoms with van der Waals surface area (Å²) in [6, 6.07) is 11.7. The molecule has 3 N–H and O–H groups in total. The smallest absolute Gasteiger partial charge is 0.293 e. The van der Waals surface area contributed by atoms with E-state index in [0.29, 0.717) is 30.3 Å². The molecule has 0 saturated carbocycles. The zero-order valence-corrected chi connectivity index (χ0v) is 16.0. The molecule has 1 amide bonds. The third-order valence-electron chi connectivity index (χ3n) is 4.38. The van der Waals surface area contributed by atoms with Crippen LogP contribution in [0.5, 0.6) is 0 Å². The largest absolute Gasteiger partial charge is 0.375 e. The Morgan fingerprint density at radius 2 is 2.07 bits per heavy atom. The molecule has 3 rings (SSSR count). The second-order valence-corrected chi connectivity index (χ2v) is 6.64. The number of amides is 1. The van der Waals surface area contributed by atoms with Gasteiger partial charge in [-0.1, -0.05) is 29.8 Å². The fraction of sp³-hybridized carbons (Fsp3) is 0.278. The molecule has 9 heteroatoms. The Morgan fingerprint density at radius 3 is 2.70 bits per heavy atom. The van der Waals surface area contributed by atoms with E-state index < -0.39 is 4.92 Å². The van der Waals surface area contributed by atoms with Crippen molar-refractivity contribution in [1.29, 1.82) is 0 Å². The van der Waals surface area contributed by atoms with Crippen LogP contribution < -0.4 is 11.1 Å². The van der Waals surface area contributed by atoms with Gasteiger partial charge < -0.3 is 16.0 Å². The minimum absolute atomic E-state index is 0. The summed E-state index contributed by atoms with van der Waals surface area (Å²) in [5.74, 6) is -0.237. The van der Waals surface area contributed by atoms with Gasteiger partial charge in [-0.05, 0) is 30.2 Å². The van der Waals surface area contributed by atoms with Crippen molar-refractivity contribution < 1.29 is 9.72 Å². The number of anilines is 1. The van der Waals surface area contributed by atoms with Gasteiger partial charge in [-0.3, -0.25) is 14.9 Å². The zero-order chi connectivity index (χ0) is 18.7. The zero-order valence-electron chi connectivity index (χ0n) is 14.4. The molecule has 144 valence electrons. The maximum atomic E-state index is 12.5. The van der Waals surface area contributed by atoms with Crippen molar-refractivity contribution >= 4 is 41.3 Å². The van der Waals surface area contributed by atoms with E-state index in [4.69, 9.17) is 17.3 Å². The van der Waals surface area contributed by atoms with Gasteiger partial charge in [-0.2, -0.15) is 0 Å². The van der Waals surface area contributed by atoms with Crippen LogP contribution in [0.2, 0.25) is 5.02 Å².